The van der Waals surface area contributed by atoms with Crippen LogP contribution in [0.3, 0.4) is 0 Å². The van der Waals surface area contributed by atoms with Crippen molar-refractivity contribution in [2.75, 3.05) is 13.2 Å². The van der Waals surface area contributed by atoms with E-state index in [0.717, 1.165) is 5.56 Å². The zero-order chi connectivity index (χ0) is 27.3. The van der Waals surface area contributed by atoms with E-state index >= 15 is 0 Å². The second-order valence-corrected chi connectivity index (χ2v) is 8.78. The zero-order valence-corrected chi connectivity index (χ0v) is 20.8. The van der Waals surface area contributed by atoms with Crippen LogP contribution in [0.2, 0.25) is 0 Å². The fourth-order valence-electron chi connectivity index (χ4n) is 3.42. The first-order chi connectivity index (χ1) is 17.0. The molecular formula is C24H39N5O7. The molecule has 0 bridgehead atoms. The third-order valence-corrected chi connectivity index (χ3v) is 5.90. The Bertz CT molecular complexity index is 865. The van der Waals surface area contributed by atoms with Gasteiger partial charge in [-0.25, -0.2) is 4.79 Å². The standard InChI is InChI=1S/C24H39N5O7/c1-3-14(2)20(23(34)28-19(13-30)24(35)36)29-22(33)18(6-4-5-11-25)27-21(32)17(26)12-15-7-9-16(31)10-8-15/h7-10,14,17-20,30-31H,3-6,11-13,25-26H2,1-2H3,(H,27,32)(H,28,34)(H,29,33)(H,35,36). The van der Waals surface area contributed by atoms with Crippen molar-refractivity contribution in [1.82, 2.24) is 16.0 Å². The van der Waals surface area contributed by atoms with Crippen molar-refractivity contribution in [1.29, 1.82) is 0 Å². The van der Waals surface area contributed by atoms with Crippen LogP contribution >= 0.6 is 0 Å². The van der Waals surface area contributed by atoms with Crippen LogP contribution in [-0.4, -0.2) is 76.3 Å². The molecule has 0 aliphatic rings. The van der Waals surface area contributed by atoms with E-state index < -0.39 is 54.5 Å². The number of carbonyl (C=O) groups excluding carboxylic acids is 3. The second kappa shape index (κ2) is 15.7. The fraction of sp³-hybridized carbons (Fsp3) is 0.583. The van der Waals surface area contributed by atoms with Gasteiger partial charge >= 0.3 is 5.97 Å². The Morgan fingerprint density at radius 2 is 1.56 bits per heavy atom. The highest BCUT2D eigenvalue weighted by molar-refractivity contribution is 5.94. The molecule has 1 aromatic rings. The van der Waals surface area contributed by atoms with Gasteiger partial charge < -0.3 is 42.7 Å². The predicted octanol–water partition coefficient (Wildman–Crippen LogP) is -1.03. The number of carbonyl (C=O) groups is 4. The molecule has 0 aliphatic heterocycles. The van der Waals surface area contributed by atoms with E-state index in [1.807, 2.05) is 0 Å². The molecule has 0 heterocycles. The van der Waals surface area contributed by atoms with E-state index in [4.69, 9.17) is 16.6 Å². The first kappa shape index (κ1) is 30.8. The molecule has 1 aromatic carbocycles. The molecule has 0 radical (unpaired) electrons. The molecule has 202 valence electrons. The minimum atomic E-state index is -1.51. The van der Waals surface area contributed by atoms with Gasteiger partial charge in [-0.2, -0.15) is 0 Å². The summed E-state index contributed by atoms with van der Waals surface area (Å²) in [4.78, 5) is 49.9. The number of hydrogen-bond donors (Lipinski definition) is 8. The van der Waals surface area contributed by atoms with Crippen LogP contribution in [0.4, 0.5) is 0 Å². The zero-order valence-electron chi connectivity index (χ0n) is 20.8. The Hall–Kier alpha value is -3.22. The number of phenols is 1. The minimum absolute atomic E-state index is 0.0852. The van der Waals surface area contributed by atoms with E-state index in [-0.39, 0.29) is 24.5 Å². The number of aliphatic carboxylic acids is 1. The summed E-state index contributed by atoms with van der Waals surface area (Å²) in [7, 11) is 0. The topological polar surface area (TPSA) is 217 Å². The van der Waals surface area contributed by atoms with Crippen molar-refractivity contribution in [2.24, 2.45) is 17.4 Å². The fourth-order valence-corrected chi connectivity index (χ4v) is 3.42. The summed E-state index contributed by atoms with van der Waals surface area (Å²) in [5, 5.41) is 35.2. The molecule has 0 aliphatic carbocycles. The molecule has 0 fully saturated rings. The highest BCUT2D eigenvalue weighted by Crippen LogP contribution is 2.12. The summed E-state index contributed by atoms with van der Waals surface area (Å²) in [5.41, 5.74) is 12.3. The van der Waals surface area contributed by atoms with Crippen LogP contribution < -0.4 is 27.4 Å². The lowest BCUT2D eigenvalue weighted by atomic mass is 9.97. The van der Waals surface area contributed by atoms with Crippen LogP contribution in [-0.2, 0) is 25.6 Å². The number of unbranched alkanes of at least 4 members (excludes halogenated alkanes) is 1. The van der Waals surface area contributed by atoms with Gasteiger partial charge in [0.25, 0.3) is 0 Å². The summed E-state index contributed by atoms with van der Waals surface area (Å²) in [6, 6.07) is 1.68. The molecule has 0 aromatic heterocycles. The lowest BCUT2D eigenvalue weighted by Crippen LogP contribution is -2.59. The number of amides is 3. The number of aliphatic hydroxyl groups is 1. The SMILES string of the molecule is CCC(C)C(NC(=O)C(CCCCN)NC(=O)C(N)Cc1ccc(O)cc1)C(=O)NC(CO)C(=O)O. The number of hydrogen-bond acceptors (Lipinski definition) is 8. The average molecular weight is 510 g/mol. The van der Waals surface area contributed by atoms with Crippen LogP contribution in [0, 0.1) is 5.92 Å². The summed E-state index contributed by atoms with van der Waals surface area (Å²) in [5.74, 6) is -3.62. The number of phenolic OH excluding ortho intramolecular Hbond substituents is 1. The van der Waals surface area contributed by atoms with Gasteiger partial charge in [-0.15, -0.1) is 0 Å². The Morgan fingerprint density at radius 1 is 0.944 bits per heavy atom. The first-order valence-corrected chi connectivity index (χ1v) is 12.0. The molecule has 0 spiro atoms. The molecule has 0 saturated carbocycles. The van der Waals surface area contributed by atoms with E-state index in [9.17, 15) is 29.4 Å². The van der Waals surface area contributed by atoms with Crippen molar-refractivity contribution >= 4 is 23.7 Å². The van der Waals surface area contributed by atoms with Crippen molar-refractivity contribution in [2.45, 2.75) is 70.1 Å². The van der Waals surface area contributed by atoms with Crippen molar-refractivity contribution < 1.29 is 34.5 Å². The molecule has 36 heavy (non-hydrogen) atoms. The van der Waals surface area contributed by atoms with Gasteiger partial charge in [0.05, 0.1) is 12.6 Å². The molecule has 5 atom stereocenters. The maximum atomic E-state index is 13.1. The average Bonchev–Trinajstić information content (AvgIpc) is 2.85. The number of rotatable bonds is 16. The maximum absolute atomic E-state index is 13.1. The van der Waals surface area contributed by atoms with Gasteiger partial charge in [0, 0.05) is 0 Å². The first-order valence-electron chi connectivity index (χ1n) is 12.0. The molecular weight excluding hydrogens is 470 g/mol. The number of aromatic hydroxyl groups is 1. The Balaban J connectivity index is 2.96. The lowest BCUT2D eigenvalue weighted by molar-refractivity contribution is -0.143. The molecule has 1 rings (SSSR count). The summed E-state index contributed by atoms with van der Waals surface area (Å²) >= 11 is 0. The Morgan fingerprint density at radius 3 is 2.08 bits per heavy atom. The highest BCUT2D eigenvalue weighted by atomic mass is 16.4. The lowest BCUT2D eigenvalue weighted by Gasteiger charge is -2.28. The number of carboxylic acid groups (broad SMARTS) is 1. The van der Waals surface area contributed by atoms with E-state index in [2.05, 4.69) is 16.0 Å². The van der Waals surface area contributed by atoms with Crippen LogP contribution in [0.15, 0.2) is 24.3 Å². The number of carboxylic acids is 1. The quantitative estimate of drug-likeness (QED) is 0.128. The smallest absolute Gasteiger partial charge is 0.328 e. The molecule has 5 unspecified atom stereocenters. The van der Waals surface area contributed by atoms with Gasteiger partial charge in [-0.3, -0.25) is 14.4 Å². The van der Waals surface area contributed by atoms with Crippen LogP contribution in [0.5, 0.6) is 5.75 Å². The van der Waals surface area contributed by atoms with Crippen LogP contribution in [0.1, 0.15) is 45.1 Å². The summed E-state index contributed by atoms with van der Waals surface area (Å²) in [6.07, 6.45) is 2.08. The number of benzene rings is 1. The molecule has 0 saturated heterocycles. The third kappa shape index (κ3) is 10.2. The molecule has 12 heteroatoms. The second-order valence-electron chi connectivity index (χ2n) is 8.78. The largest absolute Gasteiger partial charge is 0.508 e. The normalized spacial score (nSPS) is 15.1. The number of aliphatic hydroxyl groups excluding tert-OH is 1. The van der Waals surface area contributed by atoms with E-state index in [0.29, 0.717) is 25.8 Å². The molecule has 3 amide bonds. The maximum Gasteiger partial charge on any atom is 0.328 e. The number of nitrogens with one attached hydrogen (secondary N) is 3. The van der Waals surface area contributed by atoms with Gasteiger partial charge in [-0.1, -0.05) is 32.4 Å². The molecule has 12 nitrogen and oxygen atoms in total. The van der Waals surface area contributed by atoms with E-state index in [1.165, 1.54) is 12.1 Å². The van der Waals surface area contributed by atoms with Gasteiger partial charge in [-0.05, 0) is 55.8 Å². The van der Waals surface area contributed by atoms with Gasteiger partial charge in [0.2, 0.25) is 17.7 Å². The predicted molar refractivity (Wildman–Crippen MR) is 133 cm³/mol. The van der Waals surface area contributed by atoms with Crippen LogP contribution in [0.25, 0.3) is 0 Å². The van der Waals surface area contributed by atoms with Gasteiger partial charge in [0.15, 0.2) is 0 Å². The van der Waals surface area contributed by atoms with Gasteiger partial charge in [0.1, 0.15) is 23.9 Å². The Labute approximate surface area is 210 Å². The third-order valence-electron chi connectivity index (χ3n) is 5.90. The van der Waals surface area contributed by atoms with Crippen molar-refractivity contribution in [3.8, 4) is 5.75 Å². The minimum Gasteiger partial charge on any atom is -0.508 e. The summed E-state index contributed by atoms with van der Waals surface area (Å²) in [6.45, 7) is 3.12. The molecule has 10 N–H and O–H groups in total. The highest BCUT2D eigenvalue weighted by Gasteiger charge is 2.32. The van der Waals surface area contributed by atoms with Crippen molar-refractivity contribution in [3.63, 3.8) is 0 Å². The monoisotopic (exact) mass is 509 g/mol. The summed E-state index contributed by atoms with van der Waals surface area (Å²) < 4.78 is 0. The Kier molecular flexibility index (Phi) is 13.4. The number of nitrogens with two attached hydrogens (primary N) is 2. The van der Waals surface area contributed by atoms with E-state index in [1.54, 1.807) is 26.0 Å². The van der Waals surface area contributed by atoms with Crippen molar-refractivity contribution in [3.05, 3.63) is 29.8 Å².